The normalized spacial score (nSPS) is 12.9. The van der Waals surface area contributed by atoms with Gasteiger partial charge in [0.1, 0.15) is 5.75 Å². The monoisotopic (exact) mass is 201 g/mol. The standard InChI is InChI=1S/C9H12ClNO2/c1-5-2-8(12)7(10)3-6(5)9(13)4-11/h2-3,9,12-13H,4,11H2,1H3. The number of phenols is 1. The van der Waals surface area contributed by atoms with Gasteiger partial charge in [-0.2, -0.15) is 0 Å². The van der Waals surface area contributed by atoms with Crippen molar-refractivity contribution in [2.45, 2.75) is 13.0 Å². The van der Waals surface area contributed by atoms with Gasteiger partial charge in [0, 0.05) is 6.54 Å². The Hall–Kier alpha value is -0.770. The molecule has 0 bridgehead atoms. The van der Waals surface area contributed by atoms with Gasteiger partial charge >= 0.3 is 0 Å². The predicted octanol–water partition coefficient (Wildman–Crippen LogP) is 1.35. The molecule has 1 unspecified atom stereocenters. The molecule has 1 rings (SSSR count). The molecule has 3 nitrogen and oxygen atoms in total. The topological polar surface area (TPSA) is 66.5 Å². The van der Waals surface area contributed by atoms with E-state index in [0.29, 0.717) is 5.56 Å². The Labute approximate surface area is 81.8 Å². The smallest absolute Gasteiger partial charge is 0.134 e. The third kappa shape index (κ3) is 2.12. The number of benzene rings is 1. The SMILES string of the molecule is Cc1cc(O)c(Cl)cc1C(O)CN. The summed E-state index contributed by atoms with van der Waals surface area (Å²) in [5.74, 6) is 0.0205. The molecule has 0 aliphatic carbocycles. The van der Waals surface area contributed by atoms with E-state index in [1.807, 2.05) is 0 Å². The summed E-state index contributed by atoms with van der Waals surface area (Å²) in [5.41, 5.74) is 6.74. The van der Waals surface area contributed by atoms with Crippen LogP contribution in [0.25, 0.3) is 0 Å². The van der Waals surface area contributed by atoms with Crippen molar-refractivity contribution in [1.82, 2.24) is 0 Å². The van der Waals surface area contributed by atoms with E-state index in [9.17, 15) is 10.2 Å². The zero-order valence-electron chi connectivity index (χ0n) is 7.29. The second-order valence-corrected chi connectivity index (χ2v) is 3.32. The average Bonchev–Trinajstić information content (AvgIpc) is 2.10. The van der Waals surface area contributed by atoms with Crippen LogP contribution >= 0.6 is 11.6 Å². The lowest BCUT2D eigenvalue weighted by atomic mass is 10.0. The Morgan fingerprint density at radius 3 is 2.69 bits per heavy atom. The van der Waals surface area contributed by atoms with Crippen molar-refractivity contribution >= 4 is 11.6 Å². The van der Waals surface area contributed by atoms with Crippen LogP contribution < -0.4 is 5.73 Å². The summed E-state index contributed by atoms with van der Waals surface area (Å²) in [6, 6.07) is 3.04. The number of halogens is 1. The van der Waals surface area contributed by atoms with Crippen molar-refractivity contribution in [2.75, 3.05) is 6.54 Å². The quantitative estimate of drug-likeness (QED) is 0.677. The molecule has 0 aromatic heterocycles. The first-order valence-corrected chi connectivity index (χ1v) is 4.31. The summed E-state index contributed by atoms with van der Waals surface area (Å²) < 4.78 is 0. The lowest BCUT2D eigenvalue weighted by Crippen LogP contribution is -2.12. The van der Waals surface area contributed by atoms with Crippen LogP contribution in [0.2, 0.25) is 5.02 Å². The molecule has 72 valence electrons. The zero-order chi connectivity index (χ0) is 10.0. The van der Waals surface area contributed by atoms with Crippen molar-refractivity contribution < 1.29 is 10.2 Å². The van der Waals surface area contributed by atoms with E-state index in [-0.39, 0.29) is 17.3 Å². The average molecular weight is 202 g/mol. The Bertz CT molecular complexity index is 315. The molecule has 0 aliphatic heterocycles. The van der Waals surface area contributed by atoms with Crippen LogP contribution in [0.4, 0.5) is 0 Å². The van der Waals surface area contributed by atoms with E-state index in [4.69, 9.17) is 17.3 Å². The van der Waals surface area contributed by atoms with Gasteiger partial charge in [-0.05, 0) is 30.2 Å². The minimum atomic E-state index is -0.724. The highest BCUT2D eigenvalue weighted by molar-refractivity contribution is 6.32. The molecule has 13 heavy (non-hydrogen) atoms. The van der Waals surface area contributed by atoms with Crippen molar-refractivity contribution in [3.8, 4) is 5.75 Å². The van der Waals surface area contributed by atoms with Gasteiger partial charge in [0.25, 0.3) is 0 Å². The molecule has 0 saturated carbocycles. The number of hydrogen-bond acceptors (Lipinski definition) is 3. The fourth-order valence-corrected chi connectivity index (χ4v) is 1.34. The molecule has 0 aliphatic rings. The first-order valence-electron chi connectivity index (χ1n) is 3.93. The van der Waals surface area contributed by atoms with Gasteiger partial charge < -0.3 is 15.9 Å². The maximum absolute atomic E-state index is 9.46. The van der Waals surface area contributed by atoms with E-state index >= 15 is 0 Å². The molecule has 4 N–H and O–H groups in total. The van der Waals surface area contributed by atoms with Gasteiger partial charge in [0.15, 0.2) is 0 Å². The molecule has 0 fully saturated rings. The van der Waals surface area contributed by atoms with Gasteiger partial charge in [-0.15, -0.1) is 0 Å². The van der Waals surface area contributed by atoms with Crippen molar-refractivity contribution in [3.05, 3.63) is 28.3 Å². The van der Waals surface area contributed by atoms with Crippen molar-refractivity contribution in [3.63, 3.8) is 0 Å². The molecule has 0 radical (unpaired) electrons. The fraction of sp³-hybridized carbons (Fsp3) is 0.333. The summed E-state index contributed by atoms with van der Waals surface area (Å²) in [4.78, 5) is 0. The Kier molecular flexibility index (Phi) is 3.14. The van der Waals surface area contributed by atoms with Crippen LogP contribution in [0, 0.1) is 6.92 Å². The third-order valence-corrected chi connectivity index (χ3v) is 2.22. The minimum Gasteiger partial charge on any atom is -0.506 e. The number of nitrogens with two attached hydrogens (primary N) is 1. The summed E-state index contributed by atoms with van der Waals surface area (Å²) in [5, 5.41) is 18.9. The molecule has 0 spiro atoms. The zero-order valence-corrected chi connectivity index (χ0v) is 8.04. The van der Waals surface area contributed by atoms with Gasteiger partial charge in [0.05, 0.1) is 11.1 Å². The second kappa shape index (κ2) is 3.96. The summed E-state index contributed by atoms with van der Waals surface area (Å²) in [7, 11) is 0. The molecule has 4 heteroatoms. The molecule has 0 saturated heterocycles. The summed E-state index contributed by atoms with van der Waals surface area (Å²) in [6.45, 7) is 1.92. The third-order valence-electron chi connectivity index (χ3n) is 1.92. The van der Waals surface area contributed by atoms with Gasteiger partial charge in [-0.25, -0.2) is 0 Å². The van der Waals surface area contributed by atoms with E-state index in [2.05, 4.69) is 0 Å². The van der Waals surface area contributed by atoms with Crippen molar-refractivity contribution in [1.29, 1.82) is 0 Å². The Balaban J connectivity index is 3.15. The number of aliphatic hydroxyl groups excluding tert-OH is 1. The van der Waals surface area contributed by atoms with E-state index in [1.54, 1.807) is 6.92 Å². The second-order valence-electron chi connectivity index (χ2n) is 2.91. The van der Waals surface area contributed by atoms with Crippen molar-refractivity contribution in [2.24, 2.45) is 5.73 Å². The van der Waals surface area contributed by atoms with Gasteiger partial charge in [-0.3, -0.25) is 0 Å². The van der Waals surface area contributed by atoms with Crippen LogP contribution in [0.1, 0.15) is 17.2 Å². The van der Waals surface area contributed by atoms with E-state index < -0.39 is 6.10 Å². The Morgan fingerprint density at radius 2 is 2.15 bits per heavy atom. The minimum absolute atomic E-state index is 0.0205. The fourth-order valence-electron chi connectivity index (χ4n) is 1.17. The number of rotatable bonds is 2. The maximum atomic E-state index is 9.46. The first-order chi connectivity index (χ1) is 6.06. The number of aromatic hydroxyl groups is 1. The lowest BCUT2D eigenvalue weighted by molar-refractivity contribution is 0.186. The molecular weight excluding hydrogens is 190 g/mol. The van der Waals surface area contributed by atoms with Crippen LogP contribution in [0.15, 0.2) is 12.1 Å². The largest absolute Gasteiger partial charge is 0.506 e. The predicted molar refractivity (Wildman–Crippen MR) is 51.9 cm³/mol. The van der Waals surface area contributed by atoms with Gasteiger partial charge in [0.2, 0.25) is 0 Å². The Morgan fingerprint density at radius 1 is 1.54 bits per heavy atom. The molecule has 1 atom stereocenters. The number of phenolic OH excluding ortho intramolecular Hbond substituents is 1. The number of aryl methyl sites for hydroxylation is 1. The maximum Gasteiger partial charge on any atom is 0.134 e. The number of aliphatic hydroxyl groups is 1. The van der Waals surface area contributed by atoms with E-state index in [0.717, 1.165) is 5.56 Å². The first kappa shape index (κ1) is 10.3. The molecule has 0 heterocycles. The molecular formula is C9H12ClNO2. The van der Waals surface area contributed by atoms with Crippen LogP contribution in [-0.4, -0.2) is 16.8 Å². The highest BCUT2D eigenvalue weighted by Crippen LogP contribution is 2.29. The molecule has 0 amide bonds. The van der Waals surface area contributed by atoms with Crippen LogP contribution in [0.3, 0.4) is 0 Å². The molecule has 1 aromatic carbocycles. The van der Waals surface area contributed by atoms with E-state index in [1.165, 1.54) is 12.1 Å². The summed E-state index contributed by atoms with van der Waals surface area (Å²) in [6.07, 6.45) is -0.724. The number of hydrogen-bond donors (Lipinski definition) is 3. The highest BCUT2D eigenvalue weighted by atomic mass is 35.5. The summed E-state index contributed by atoms with van der Waals surface area (Å²) >= 11 is 5.68. The van der Waals surface area contributed by atoms with Gasteiger partial charge in [-0.1, -0.05) is 11.6 Å². The van der Waals surface area contributed by atoms with Crippen LogP contribution in [0.5, 0.6) is 5.75 Å². The van der Waals surface area contributed by atoms with Crippen LogP contribution in [-0.2, 0) is 0 Å². The molecule has 1 aromatic rings. The highest BCUT2D eigenvalue weighted by Gasteiger charge is 2.11. The lowest BCUT2D eigenvalue weighted by Gasteiger charge is -2.12.